The summed E-state index contributed by atoms with van der Waals surface area (Å²) in [6.45, 7) is 2.68. The molecular formula is C12H15N3O. The summed E-state index contributed by atoms with van der Waals surface area (Å²) in [7, 11) is 0. The van der Waals surface area contributed by atoms with Crippen molar-refractivity contribution >= 4 is 5.82 Å². The smallest absolute Gasteiger partial charge is 0.144 e. The quantitative estimate of drug-likeness (QED) is 0.804. The number of nitrogens with one attached hydrogen (secondary N) is 1. The van der Waals surface area contributed by atoms with Crippen LogP contribution in [0.5, 0.6) is 0 Å². The Morgan fingerprint density at radius 2 is 2.31 bits per heavy atom. The highest BCUT2D eigenvalue weighted by Gasteiger charge is 2.26. The van der Waals surface area contributed by atoms with Crippen LogP contribution in [0.4, 0.5) is 5.82 Å². The number of aromatic nitrogens is 1. The number of anilines is 1. The van der Waals surface area contributed by atoms with Gasteiger partial charge in [-0.1, -0.05) is 0 Å². The first-order valence-corrected chi connectivity index (χ1v) is 5.48. The zero-order valence-electron chi connectivity index (χ0n) is 9.27. The molecule has 0 amide bonds. The number of hydrogen-bond donors (Lipinski definition) is 2. The second kappa shape index (κ2) is 4.50. The molecule has 0 bridgehead atoms. The van der Waals surface area contributed by atoms with E-state index in [1.165, 1.54) is 0 Å². The second-order valence-corrected chi connectivity index (χ2v) is 4.33. The molecule has 1 aliphatic carbocycles. The monoisotopic (exact) mass is 217 g/mol. The SMILES string of the molecule is Cc1ccc(C#N)c(NCC2CC(O)C2)n1. The van der Waals surface area contributed by atoms with Crippen molar-refractivity contribution in [1.29, 1.82) is 5.26 Å². The van der Waals surface area contributed by atoms with Crippen LogP contribution < -0.4 is 5.32 Å². The summed E-state index contributed by atoms with van der Waals surface area (Å²) in [5.41, 5.74) is 1.47. The number of aryl methyl sites for hydroxylation is 1. The molecule has 84 valence electrons. The predicted molar refractivity (Wildman–Crippen MR) is 60.9 cm³/mol. The van der Waals surface area contributed by atoms with Crippen molar-refractivity contribution < 1.29 is 5.11 Å². The molecule has 1 aromatic rings. The average molecular weight is 217 g/mol. The molecule has 1 saturated carbocycles. The topological polar surface area (TPSA) is 68.9 Å². The summed E-state index contributed by atoms with van der Waals surface area (Å²) in [5, 5.41) is 21.3. The van der Waals surface area contributed by atoms with Gasteiger partial charge in [0.15, 0.2) is 0 Å². The van der Waals surface area contributed by atoms with Crippen molar-refractivity contribution in [2.45, 2.75) is 25.9 Å². The fourth-order valence-electron chi connectivity index (χ4n) is 1.89. The maximum absolute atomic E-state index is 9.16. The Bertz CT molecular complexity index is 419. The third-order valence-electron chi connectivity index (χ3n) is 2.92. The third kappa shape index (κ3) is 2.31. The zero-order valence-corrected chi connectivity index (χ0v) is 9.27. The van der Waals surface area contributed by atoms with E-state index in [1.54, 1.807) is 6.07 Å². The molecule has 2 rings (SSSR count). The van der Waals surface area contributed by atoms with E-state index >= 15 is 0 Å². The van der Waals surface area contributed by atoms with Gasteiger partial charge < -0.3 is 10.4 Å². The molecule has 0 radical (unpaired) electrons. The van der Waals surface area contributed by atoms with Crippen molar-refractivity contribution in [3.63, 3.8) is 0 Å². The van der Waals surface area contributed by atoms with Crippen LogP contribution in [-0.2, 0) is 0 Å². The maximum Gasteiger partial charge on any atom is 0.144 e. The number of pyridine rings is 1. The van der Waals surface area contributed by atoms with Crippen LogP contribution in [0, 0.1) is 24.2 Å². The lowest BCUT2D eigenvalue weighted by Gasteiger charge is -2.31. The minimum Gasteiger partial charge on any atom is -0.393 e. The molecule has 0 unspecified atom stereocenters. The number of rotatable bonds is 3. The van der Waals surface area contributed by atoms with Crippen molar-refractivity contribution in [2.75, 3.05) is 11.9 Å². The van der Waals surface area contributed by atoms with Crippen LogP contribution in [0.15, 0.2) is 12.1 Å². The Balaban J connectivity index is 1.98. The Morgan fingerprint density at radius 1 is 1.56 bits per heavy atom. The first kappa shape index (κ1) is 10.9. The van der Waals surface area contributed by atoms with E-state index in [-0.39, 0.29) is 6.10 Å². The van der Waals surface area contributed by atoms with Gasteiger partial charge in [0.1, 0.15) is 11.9 Å². The molecule has 1 aromatic heterocycles. The maximum atomic E-state index is 9.16. The molecule has 0 aliphatic heterocycles. The zero-order chi connectivity index (χ0) is 11.5. The number of aliphatic hydroxyl groups is 1. The summed E-state index contributed by atoms with van der Waals surface area (Å²) in [4.78, 5) is 4.30. The summed E-state index contributed by atoms with van der Waals surface area (Å²) in [6, 6.07) is 5.73. The number of aliphatic hydroxyl groups excluding tert-OH is 1. The fourth-order valence-corrected chi connectivity index (χ4v) is 1.89. The average Bonchev–Trinajstić information content (AvgIpc) is 2.23. The molecule has 0 saturated heterocycles. The molecule has 0 aromatic carbocycles. The molecule has 4 nitrogen and oxygen atoms in total. The highest BCUT2D eigenvalue weighted by atomic mass is 16.3. The first-order valence-electron chi connectivity index (χ1n) is 5.48. The van der Waals surface area contributed by atoms with Gasteiger partial charge in [0, 0.05) is 12.2 Å². The lowest BCUT2D eigenvalue weighted by molar-refractivity contribution is 0.0486. The molecule has 0 atom stereocenters. The van der Waals surface area contributed by atoms with Crippen LogP contribution in [-0.4, -0.2) is 22.7 Å². The van der Waals surface area contributed by atoms with Gasteiger partial charge in [-0.3, -0.25) is 0 Å². The third-order valence-corrected chi connectivity index (χ3v) is 2.92. The molecular weight excluding hydrogens is 202 g/mol. The van der Waals surface area contributed by atoms with Crippen molar-refractivity contribution in [3.8, 4) is 6.07 Å². The largest absolute Gasteiger partial charge is 0.393 e. The molecule has 1 fully saturated rings. The van der Waals surface area contributed by atoms with Gasteiger partial charge in [0.2, 0.25) is 0 Å². The Labute approximate surface area is 94.9 Å². The van der Waals surface area contributed by atoms with Crippen LogP contribution >= 0.6 is 0 Å². The Kier molecular flexibility index (Phi) is 3.07. The van der Waals surface area contributed by atoms with E-state index < -0.39 is 0 Å². The van der Waals surface area contributed by atoms with Gasteiger partial charge in [-0.15, -0.1) is 0 Å². The Morgan fingerprint density at radius 3 is 2.94 bits per heavy atom. The molecule has 0 spiro atoms. The van der Waals surface area contributed by atoms with Gasteiger partial charge >= 0.3 is 0 Å². The van der Waals surface area contributed by atoms with E-state index in [9.17, 15) is 0 Å². The lowest BCUT2D eigenvalue weighted by atomic mass is 9.82. The molecule has 2 N–H and O–H groups in total. The molecule has 16 heavy (non-hydrogen) atoms. The van der Waals surface area contributed by atoms with E-state index in [2.05, 4.69) is 16.4 Å². The minimum absolute atomic E-state index is 0.132. The number of nitriles is 1. The van der Waals surface area contributed by atoms with Crippen LogP contribution in [0.1, 0.15) is 24.1 Å². The number of hydrogen-bond acceptors (Lipinski definition) is 4. The number of nitrogens with zero attached hydrogens (tertiary/aromatic N) is 2. The summed E-state index contributed by atoms with van der Waals surface area (Å²) >= 11 is 0. The van der Waals surface area contributed by atoms with E-state index in [0.29, 0.717) is 17.3 Å². The summed E-state index contributed by atoms with van der Waals surface area (Å²) in [5.74, 6) is 1.16. The van der Waals surface area contributed by atoms with E-state index in [1.807, 2.05) is 13.0 Å². The van der Waals surface area contributed by atoms with E-state index in [4.69, 9.17) is 10.4 Å². The molecule has 4 heteroatoms. The van der Waals surface area contributed by atoms with Crippen molar-refractivity contribution in [1.82, 2.24) is 4.98 Å². The van der Waals surface area contributed by atoms with Gasteiger partial charge in [-0.2, -0.15) is 5.26 Å². The molecule has 1 aliphatic rings. The summed E-state index contributed by atoms with van der Waals surface area (Å²) in [6.07, 6.45) is 1.56. The lowest BCUT2D eigenvalue weighted by Crippen LogP contribution is -2.33. The first-order chi connectivity index (χ1) is 7.69. The van der Waals surface area contributed by atoms with Gasteiger partial charge in [-0.25, -0.2) is 4.98 Å². The minimum atomic E-state index is -0.132. The van der Waals surface area contributed by atoms with Gasteiger partial charge in [-0.05, 0) is 37.8 Å². The van der Waals surface area contributed by atoms with Gasteiger partial charge in [0.05, 0.1) is 11.7 Å². The van der Waals surface area contributed by atoms with Crippen LogP contribution in [0.2, 0.25) is 0 Å². The van der Waals surface area contributed by atoms with E-state index in [0.717, 1.165) is 25.1 Å². The van der Waals surface area contributed by atoms with Crippen LogP contribution in [0.3, 0.4) is 0 Å². The predicted octanol–water partition coefficient (Wildman–Crippen LogP) is 1.44. The second-order valence-electron chi connectivity index (χ2n) is 4.33. The van der Waals surface area contributed by atoms with Crippen LogP contribution in [0.25, 0.3) is 0 Å². The normalized spacial score (nSPS) is 23.3. The van der Waals surface area contributed by atoms with Gasteiger partial charge in [0.25, 0.3) is 0 Å². The van der Waals surface area contributed by atoms with Crippen molar-refractivity contribution in [2.24, 2.45) is 5.92 Å². The van der Waals surface area contributed by atoms with Crippen molar-refractivity contribution in [3.05, 3.63) is 23.4 Å². The molecule has 1 heterocycles. The highest BCUT2D eigenvalue weighted by molar-refractivity contribution is 5.52. The highest BCUT2D eigenvalue weighted by Crippen LogP contribution is 2.27. The fraction of sp³-hybridized carbons (Fsp3) is 0.500. The Hall–Kier alpha value is -1.60. The standard InChI is InChI=1S/C12H15N3O/c1-8-2-3-10(6-13)12(15-8)14-7-9-4-11(16)5-9/h2-3,9,11,16H,4-5,7H2,1H3,(H,14,15). The summed E-state index contributed by atoms with van der Waals surface area (Å²) < 4.78 is 0.